The van der Waals surface area contributed by atoms with Gasteiger partial charge in [0.1, 0.15) is 5.75 Å². The normalized spacial score (nSPS) is 16.4. The summed E-state index contributed by atoms with van der Waals surface area (Å²) in [6.07, 6.45) is 2.28. The molecule has 3 rings (SSSR count). The van der Waals surface area contributed by atoms with Gasteiger partial charge >= 0.3 is 0 Å². The first-order valence-electron chi connectivity index (χ1n) is 9.17. The van der Waals surface area contributed by atoms with Crippen LogP contribution in [0.5, 0.6) is 5.75 Å². The summed E-state index contributed by atoms with van der Waals surface area (Å²) in [6, 6.07) is 14.5. The minimum atomic E-state index is -0.408. The zero-order valence-corrected chi connectivity index (χ0v) is 16.0. The first-order chi connectivity index (χ1) is 13.1. The van der Waals surface area contributed by atoms with Gasteiger partial charge in [0.15, 0.2) is 0 Å². The summed E-state index contributed by atoms with van der Waals surface area (Å²) in [7, 11) is 0. The fraction of sp³-hybridized carbons (Fsp3) is 0.333. The van der Waals surface area contributed by atoms with Crippen molar-refractivity contribution in [2.24, 2.45) is 5.92 Å². The van der Waals surface area contributed by atoms with Crippen LogP contribution in [0.3, 0.4) is 0 Å². The molecule has 1 N–H and O–H groups in total. The highest BCUT2D eigenvalue weighted by molar-refractivity contribution is 6.33. The van der Waals surface area contributed by atoms with Crippen molar-refractivity contribution in [1.82, 2.24) is 0 Å². The van der Waals surface area contributed by atoms with Crippen molar-refractivity contribution in [2.75, 3.05) is 23.4 Å². The van der Waals surface area contributed by atoms with Crippen LogP contribution < -0.4 is 15.0 Å². The molecule has 5 nitrogen and oxygen atoms in total. The van der Waals surface area contributed by atoms with Crippen LogP contribution in [0.2, 0.25) is 5.02 Å². The van der Waals surface area contributed by atoms with Crippen molar-refractivity contribution in [2.45, 2.75) is 26.2 Å². The van der Waals surface area contributed by atoms with Gasteiger partial charge in [-0.3, -0.25) is 9.59 Å². The van der Waals surface area contributed by atoms with Gasteiger partial charge in [-0.15, -0.1) is 0 Å². The molecular weight excluding hydrogens is 364 g/mol. The molecule has 27 heavy (non-hydrogen) atoms. The Hall–Kier alpha value is -2.53. The maximum atomic E-state index is 12.5. The Bertz CT molecular complexity index is 807. The summed E-state index contributed by atoms with van der Waals surface area (Å²) in [6.45, 7) is 3.15. The van der Waals surface area contributed by atoms with Crippen LogP contribution in [0.15, 0.2) is 48.5 Å². The van der Waals surface area contributed by atoms with E-state index in [4.69, 9.17) is 16.3 Å². The van der Waals surface area contributed by atoms with Crippen molar-refractivity contribution in [3.05, 3.63) is 53.6 Å². The van der Waals surface area contributed by atoms with E-state index in [1.807, 2.05) is 24.3 Å². The molecule has 1 fully saturated rings. The van der Waals surface area contributed by atoms with E-state index >= 15 is 0 Å². The van der Waals surface area contributed by atoms with E-state index < -0.39 is 5.92 Å². The molecule has 1 aliphatic heterocycles. The number of hydrogen-bond donors (Lipinski definition) is 1. The number of amides is 2. The Kier molecular flexibility index (Phi) is 6.35. The highest BCUT2D eigenvalue weighted by Crippen LogP contribution is 2.28. The molecule has 0 aromatic heterocycles. The van der Waals surface area contributed by atoms with Crippen LogP contribution in [-0.2, 0) is 9.59 Å². The van der Waals surface area contributed by atoms with Gasteiger partial charge in [0.05, 0.1) is 23.2 Å². The number of hydrogen-bond acceptors (Lipinski definition) is 3. The molecule has 6 heteroatoms. The molecule has 2 aromatic carbocycles. The Morgan fingerprint density at radius 1 is 1.22 bits per heavy atom. The van der Waals surface area contributed by atoms with Crippen molar-refractivity contribution >= 4 is 34.8 Å². The van der Waals surface area contributed by atoms with Crippen LogP contribution in [-0.4, -0.2) is 25.0 Å². The zero-order chi connectivity index (χ0) is 19.2. The van der Waals surface area contributed by atoms with E-state index in [-0.39, 0.29) is 18.2 Å². The molecule has 2 amide bonds. The van der Waals surface area contributed by atoms with E-state index in [0.717, 1.165) is 24.3 Å². The number of rotatable bonds is 7. The molecule has 1 saturated heterocycles. The Balaban J connectivity index is 1.61. The minimum absolute atomic E-state index is 0.0611. The molecule has 0 saturated carbocycles. The van der Waals surface area contributed by atoms with Crippen molar-refractivity contribution in [1.29, 1.82) is 0 Å². The molecule has 1 atom stereocenters. The number of carbonyl (C=O) groups excluding carboxylic acids is 2. The van der Waals surface area contributed by atoms with Crippen molar-refractivity contribution in [3.8, 4) is 5.75 Å². The van der Waals surface area contributed by atoms with E-state index in [1.165, 1.54) is 0 Å². The van der Waals surface area contributed by atoms with Gasteiger partial charge in [-0.05, 0) is 42.8 Å². The predicted octanol–water partition coefficient (Wildman–Crippen LogP) is 4.51. The number of anilines is 2. The number of unbranched alkanes of at least 4 members (excludes halogenated alkanes) is 1. The summed E-state index contributed by atoms with van der Waals surface area (Å²) < 4.78 is 5.65. The molecule has 1 heterocycles. The molecule has 0 spiro atoms. The Labute approximate surface area is 164 Å². The first-order valence-corrected chi connectivity index (χ1v) is 9.55. The number of para-hydroxylation sites is 1. The zero-order valence-electron chi connectivity index (χ0n) is 15.3. The third kappa shape index (κ3) is 4.80. The van der Waals surface area contributed by atoms with Crippen molar-refractivity contribution < 1.29 is 14.3 Å². The van der Waals surface area contributed by atoms with Crippen LogP contribution in [0.25, 0.3) is 0 Å². The lowest BCUT2D eigenvalue weighted by atomic mass is 10.1. The highest BCUT2D eigenvalue weighted by Gasteiger charge is 2.35. The molecule has 2 aromatic rings. The minimum Gasteiger partial charge on any atom is -0.494 e. The monoisotopic (exact) mass is 386 g/mol. The van der Waals surface area contributed by atoms with Gasteiger partial charge in [0, 0.05) is 18.7 Å². The van der Waals surface area contributed by atoms with Crippen LogP contribution in [0.4, 0.5) is 11.4 Å². The second-order valence-electron chi connectivity index (χ2n) is 6.57. The predicted molar refractivity (Wildman–Crippen MR) is 107 cm³/mol. The topological polar surface area (TPSA) is 58.6 Å². The summed E-state index contributed by atoms with van der Waals surface area (Å²) in [4.78, 5) is 26.6. The number of benzene rings is 2. The molecule has 0 bridgehead atoms. The third-order valence-electron chi connectivity index (χ3n) is 4.54. The molecule has 142 valence electrons. The molecule has 1 aliphatic rings. The average molecular weight is 387 g/mol. The first kappa shape index (κ1) is 19.2. The molecule has 0 aliphatic carbocycles. The van der Waals surface area contributed by atoms with Crippen LogP contribution in [0, 0.1) is 5.92 Å². The number of ether oxygens (including phenoxy) is 1. The summed E-state index contributed by atoms with van der Waals surface area (Å²) in [5.74, 6) is 0.119. The van der Waals surface area contributed by atoms with Gasteiger partial charge in [0.25, 0.3) is 0 Å². The van der Waals surface area contributed by atoms with E-state index in [1.54, 1.807) is 29.2 Å². The number of nitrogens with one attached hydrogen (secondary N) is 1. The van der Waals surface area contributed by atoms with E-state index in [2.05, 4.69) is 12.2 Å². The highest BCUT2D eigenvalue weighted by atomic mass is 35.5. The largest absolute Gasteiger partial charge is 0.494 e. The number of carbonyl (C=O) groups is 2. The maximum absolute atomic E-state index is 12.5. The van der Waals surface area contributed by atoms with Crippen molar-refractivity contribution in [3.63, 3.8) is 0 Å². The van der Waals surface area contributed by atoms with Gasteiger partial charge in [-0.1, -0.05) is 37.1 Å². The standard InChI is InChI=1S/C21H23ClN2O3/c1-2-3-12-27-17-10-8-16(9-11-17)24-14-15(13-20(24)25)21(26)23-19-7-5-4-6-18(19)22/h4-11,15H,2-3,12-14H2,1H3,(H,23,26)/t15-/m1/s1. The quantitative estimate of drug-likeness (QED) is 0.712. The summed E-state index contributed by atoms with van der Waals surface area (Å²) in [5, 5.41) is 3.29. The number of halogens is 1. The SMILES string of the molecule is CCCCOc1ccc(N2C[C@H](C(=O)Nc3ccccc3Cl)CC2=O)cc1. The lowest BCUT2D eigenvalue weighted by molar-refractivity contribution is -0.122. The Morgan fingerprint density at radius 2 is 1.96 bits per heavy atom. The lowest BCUT2D eigenvalue weighted by Gasteiger charge is -2.17. The van der Waals surface area contributed by atoms with Gasteiger partial charge in [-0.2, -0.15) is 0 Å². The fourth-order valence-electron chi connectivity index (χ4n) is 2.99. The Morgan fingerprint density at radius 3 is 2.67 bits per heavy atom. The molecular formula is C21H23ClN2O3. The van der Waals surface area contributed by atoms with Gasteiger partial charge in [0.2, 0.25) is 11.8 Å². The molecule has 0 radical (unpaired) electrons. The third-order valence-corrected chi connectivity index (χ3v) is 4.87. The smallest absolute Gasteiger partial charge is 0.229 e. The number of nitrogens with zero attached hydrogens (tertiary/aromatic N) is 1. The average Bonchev–Trinajstić information content (AvgIpc) is 3.06. The van der Waals surface area contributed by atoms with Crippen LogP contribution >= 0.6 is 11.6 Å². The summed E-state index contributed by atoms with van der Waals surface area (Å²) >= 11 is 6.08. The van der Waals surface area contributed by atoms with Gasteiger partial charge in [-0.25, -0.2) is 0 Å². The van der Waals surface area contributed by atoms with E-state index in [0.29, 0.717) is 23.9 Å². The maximum Gasteiger partial charge on any atom is 0.229 e. The van der Waals surface area contributed by atoms with Crippen LogP contribution in [0.1, 0.15) is 26.2 Å². The second kappa shape index (κ2) is 8.91. The second-order valence-corrected chi connectivity index (χ2v) is 6.98. The molecule has 0 unspecified atom stereocenters. The summed E-state index contributed by atoms with van der Waals surface area (Å²) in [5.41, 5.74) is 1.33. The fourth-order valence-corrected chi connectivity index (χ4v) is 3.17. The lowest BCUT2D eigenvalue weighted by Crippen LogP contribution is -2.28. The van der Waals surface area contributed by atoms with E-state index in [9.17, 15) is 9.59 Å². The van der Waals surface area contributed by atoms with Gasteiger partial charge < -0.3 is 15.0 Å².